The molecule has 0 aliphatic carbocycles. The van der Waals surface area contributed by atoms with Crippen molar-refractivity contribution in [1.82, 2.24) is 15.1 Å². The van der Waals surface area contributed by atoms with Crippen LogP contribution >= 0.6 is 0 Å². The Bertz CT molecular complexity index is 628. The highest BCUT2D eigenvalue weighted by atomic mass is 16.5. The number of nitrogens with one attached hydrogen (secondary N) is 1. The van der Waals surface area contributed by atoms with Crippen molar-refractivity contribution in [2.75, 3.05) is 40.3 Å². The van der Waals surface area contributed by atoms with Gasteiger partial charge in [0, 0.05) is 19.2 Å². The molecule has 1 aromatic carbocycles. The van der Waals surface area contributed by atoms with Gasteiger partial charge in [0.05, 0.1) is 19.7 Å². The van der Waals surface area contributed by atoms with Crippen LogP contribution in [0.2, 0.25) is 0 Å². The van der Waals surface area contributed by atoms with Crippen LogP contribution in [0.15, 0.2) is 24.3 Å². The van der Waals surface area contributed by atoms with E-state index in [-0.39, 0.29) is 23.6 Å². The van der Waals surface area contributed by atoms with E-state index in [1.54, 1.807) is 24.1 Å². The molecule has 0 saturated carbocycles. The van der Waals surface area contributed by atoms with Gasteiger partial charge in [-0.05, 0) is 25.2 Å². The van der Waals surface area contributed by atoms with E-state index in [0.717, 1.165) is 0 Å². The van der Waals surface area contributed by atoms with E-state index in [9.17, 15) is 14.7 Å². The molecule has 1 atom stereocenters. The van der Waals surface area contributed by atoms with Gasteiger partial charge in [0.2, 0.25) is 5.91 Å². The van der Waals surface area contributed by atoms with Crippen LogP contribution in [0.1, 0.15) is 10.4 Å². The van der Waals surface area contributed by atoms with Gasteiger partial charge in [0.15, 0.2) is 0 Å². The topological polar surface area (TPSA) is 82.1 Å². The van der Waals surface area contributed by atoms with Crippen molar-refractivity contribution in [2.45, 2.75) is 11.6 Å². The molecule has 3 rings (SSSR count). The maximum absolute atomic E-state index is 12.4. The van der Waals surface area contributed by atoms with E-state index in [1.165, 1.54) is 12.1 Å². The molecule has 2 amide bonds. The second kappa shape index (κ2) is 5.82. The lowest BCUT2D eigenvalue weighted by Gasteiger charge is -2.54. The van der Waals surface area contributed by atoms with Crippen LogP contribution < -0.4 is 5.32 Å². The fourth-order valence-electron chi connectivity index (χ4n) is 3.24. The number of carbonyl (C=O) groups is 2. The SMILES string of the molecule is CNC(=O)[C@@H]1COC2(CN(C(=O)c3cccc(O)c3)C2)CN1C. The maximum atomic E-state index is 12.4. The minimum atomic E-state index is -0.397. The number of rotatable bonds is 2. The normalized spacial score (nSPS) is 23.4. The molecule has 2 saturated heterocycles. The van der Waals surface area contributed by atoms with Crippen LogP contribution in [-0.2, 0) is 9.53 Å². The lowest BCUT2D eigenvalue weighted by atomic mass is 9.90. The summed E-state index contributed by atoms with van der Waals surface area (Å²) in [4.78, 5) is 27.8. The number of phenolic OH excluding ortho intramolecular Hbond substituents is 1. The third-order valence-electron chi connectivity index (χ3n) is 4.50. The minimum absolute atomic E-state index is 0.0608. The third kappa shape index (κ3) is 2.89. The number of likely N-dealkylation sites (N-methyl/N-ethyl adjacent to an activating group) is 2. The van der Waals surface area contributed by atoms with Crippen molar-refractivity contribution in [3.8, 4) is 5.75 Å². The summed E-state index contributed by atoms with van der Waals surface area (Å²) in [6, 6.07) is 6.04. The molecule has 2 aliphatic rings. The monoisotopic (exact) mass is 319 g/mol. The van der Waals surface area contributed by atoms with Gasteiger partial charge < -0.3 is 20.1 Å². The summed E-state index contributed by atoms with van der Waals surface area (Å²) in [5.74, 6) is -0.103. The highest BCUT2D eigenvalue weighted by Gasteiger charge is 2.51. The van der Waals surface area contributed by atoms with Crippen molar-refractivity contribution in [3.05, 3.63) is 29.8 Å². The quantitative estimate of drug-likeness (QED) is 0.780. The number of phenols is 1. The van der Waals surface area contributed by atoms with E-state index in [0.29, 0.717) is 31.8 Å². The summed E-state index contributed by atoms with van der Waals surface area (Å²) < 4.78 is 5.90. The van der Waals surface area contributed by atoms with Crippen LogP contribution in [0.3, 0.4) is 0 Å². The maximum Gasteiger partial charge on any atom is 0.254 e. The van der Waals surface area contributed by atoms with Crippen molar-refractivity contribution in [1.29, 1.82) is 0 Å². The summed E-state index contributed by atoms with van der Waals surface area (Å²) in [5, 5.41) is 12.1. The minimum Gasteiger partial charge on any atom is -0.508 e. The van der Waals surface area contributed by atoms with Gasteiger partial charge >= 0.3 is 0 Å². The van der Waals surface area contributed by atoms with E-state index in [2.05, 4.69) is 5.32 Å². The lowest BCUT2D eigenvalue weighted by molar-refractivity contribution is -0.187. The Labute approximate surface area is 134 Å². The number of aromatic hydroxyl groups is 1. The molecule has 2 fully saturated rings. The van der Waals surface area contributed by atoms with Gasteiger partial charge in [-0.25, -0.2) is 0 Å². The smallest absolute Gasteiger partial charge is 0.254 e. The average Bonchev–Trinajstić information content (AvgIpc) is 2.51. The van der Waals surface area contributed by atoms with Crippen molar-refractivity contribution in [3.63, 3.8) is 0 Å². The zero-order chi connectivity index (χ0) is 16.6. The van der Waals surface area contributed by atoms with Gasteiger partial charge in [0.25, 0.3) is 5.91 Å². The Kier molecular flexibility index (Phi) is 3.99. The number of ether oxygens (including phenoxy) is 1. The number of morpholine rings is 1. The number of hydrogen-bond acceptors (Lipinski definition) is 5. The molecule has 0 unspecified atom stereocenters. The molecule has 124 valence electrons. The van der Waals surface area contributed by atoms with Crippen molar-refractivity contribution < 1.29 is 19.4 Å². The fraction of sp³-hybridized carbons (Fsp3) is 0.500. The molecule has 1 aromatic rings. The number of carbonyl (C=O) groups excluding carboxylic acids is 2. The first kappa shape index (κ1) is 15.8. The van der Waals surface area contributed by atoms with Gasteiger partial charge in [-0.1, -0.05) is 6.07 Å². The Morgan fingerprint density at radius 3 is 2.70 bits per heavy atom. The largest absolute Gasteiger partial charge is 0.508 e. The van der Waals surface area contributed by atoms with Crippen LogP contribution in [0.4, 0.5) is 0 Å². The highest BCUT2D eigenvalue weighted by molar-refractivity contribution is 5.95. The number of nitrogens with zero attached hydrogens (tertiary/aromatic N) is 2. The molecule has 7 heteroatoms. The summed E-state index contributed by atoms with van der Waals surface area (Å²) >= 11 is 0. The van der Waals surface area contributed by atoms with Gasteiger partial charge in [-0.15, -0.1) is 0 Å². The molecule has 0 bridgehead atoms. The standard InChI is InChI=1S/C16H21N3O4/c1-17-14(21)13-7-23-16(8-18(13)2)9-19(10-16)15(22)11-4-3-5-12(20)6-11/h3-6,13,20H,7-10H2,1-2H3,(H,17,21)/t13-/m0/s1. The average molecular weight is 319 g/mol. The molecule has 2 aliphatic heterocycles. The van der Waals surface area contributed by atoms with E-state index >= 15 is 0 Å². The molecular weight excluding hydrogens is 298 g/mol. The Morgan fingerprint density at radius 2 is 2.09 bits per heavy atom. The van der Waals surface area contributed by atoms with Crippen LogP contribution in [0.5, 0.6) is 5.75 Å². The highest BCUT2D eigenvalue weighted by Crippen LogP contribution is 2.31. The predicted octanol–water partition coefficient (Wildman–Crippen LogP) is -0.337. The summed E-state index contributed by atoms with van der Waals surface area (Å²) in [7, 11) is 3.50. The number of hydrogen-bond donors (Lipinski definition) is 2. The van der Waals surface area contributed by atoms with E-state index in [1.807, 2.05) is 11.9 Å². The zero-order valence-corrected chi connectivity index (χ0v) is 13.3. The van der Waals surface area contributed by atoms with E-state index < -0.39 is 5.60 Å². The lowest BCUT2D eigenvalue weighted by Crippen LogP contribution is -2.73. The number of likely N-dealkylation sites (tertiary alicyclic amines) is 1. The molecule has 1 spiro atoms. The summed E-state index contributed by atoms with van der Waals surface area (Å²) in [6.45, 7) is 1.91. The van der Waals surface area contributed by atoms with Crippen LogP contribution in [0.25, 0.3) is 0 Å². The number of amides is 2. The molecule has 0 aromatic heterocycles. The summed E-state index contributed by atoms with van der Waals surface area (Å²) in [6.07, 6.45) is 0. The molecular formula is C16H21N3O4. The second-order valence-corrected chi connectivity index (χ2v) is 6.25. The van der Waals surface area contributed by atoms with Crippen LogP contribution in [-0.4, -0.2) is 78.7 Å². The Balaban J connectivity index is 1.61. The molecule has 2 heterocycles. The first-order valence-corrected chi connectivity index (χ1v) is 7.58. The Hall–Kier alpha value is -2.12. The van der Waals surface area contributed by atoms with Gasteiger partial charge in [-0.3, -0.25) is 14.5 Å². The van der Waals surface area contributed by atoms with Crippen LogP contribution in [0, 0.1) is 0 Å². The number of benzene rings is 1. The van der Waals surface area contributed by atoms with Gasteiger partial charge in [0.1, 0.15) is 17.4 Å². The van der Waals surface area contributed by atoms with Crippen molar-refractivity contribution in [2.24, 2.45) is 0 Å². The molecule has 23 heavy (non-hydrogen) atoms. The molecule has 7 nitrogen and oxygen atoms in total. The summed E-state index contributed by atoms with van der Waals surface area (Å²) in [5.41, 5.74) is 0.0680. The first-order valence-electron chi connectivity index (χ1n) is 7.58. The molecule has 2 N–H and O–H groups in total. The zero-order valence-electron chi connectivity index (χ0n) is 13.3. The van der Waals surface area contributed by atoms with E-state index in [4.69, 9.17) is 4.74 Å². The third-order valence-corrected chi connectivity index (χ3v) is 4.50. The second-order valence-electron chi connectivity index (χ2n) is 6.25. The van der Waals surface area contributed by atoms with Crippen molar-refractivity contribution >= 4 is 11.8 Å². The Morgan fingerprint density at radius 1 is 1.35 bits per heavy atom. The van der Waals surface area contributed by atoms with Gasteiger partial charge in [-0.2, -0.15) is 0 Å². The predicted molar refractivity (Wildman–Crippen MR) is 83.2 cm³/mol. The first-order chi connectivity index (χ1) is 10.9. The molecule has 0 radical (unpaired) electrons. The fourth-order valence-corrected chi connectivity index (χ4v) is 3.24.